The summed E-state index contributed by atoms with van der Waals surface area (Å²) in [6.07, 6.45) is 0. The summed E-state index contributed by atoms with van der Waals surface area (Å²) in [4.78, 5) is 4.17. The van der Waals surface area contributed by atoms with Gasteiger partial charge in [0.1, 0.15) is 0 Å². The van der Waals surface area contributed by atoms with E-state index in [1.807, 2.05) is 0 Å². The second-order valence-corrected chi connectivity index (χ2v) is 4.24. The highest BCUT2D eigenvalue weighted by atomic mass is 35.5. The number of nitrogens with two attached hydrogens (primary N) is 1. The van der Waals surface area contributed by atoms with E-state index in [0.29, 0.717) is 15.2 Å². The first-order valence-electron chi connectivity index (χ1n) is 3.43. The molecular weight excluding hydrogens is 229 g/mol. The number of hydrogen-bond donors (Lipinski definition) is 2. The number of hydrogen-bond acceptors (Lipinski definition) is 4. The number of anilines is 1. The summed E-state index contributed by atoms with van der Waals surface area (Å²) in [6, 6.07) is 3.43. The highest BCUT2D eigenvalue weighted by Gasteiger charge is 2.07. The van der Waals surface area contributed by atoms with Gasteiger partial charge in [0.25, 0.3) is 0 Å². The monoisotopic (exact) mass is 233 g/mol. The molecule has 1 heterocycles. The average molecular weight is 234 g/mol. The third-order valence-corrected chi connectivity index (χ3v) is 3.20. The summed E-state index contributed by atoms with van der Waals surface area (Å²) in [5.74, 6) is 5.22. The first kappa shape index (κ1) is 9.02. The van der Waals surface area contributed by atoms with E-state index in [2.05, 4.69) is 10.4 Å². The van der Waals surface area contributed by atoms with Crippen molar-refractivity contribution >= 4 is 49.9 Å². The Morgan fingerprint density at radius 1 is 1.38 bits per heavy atom. The summed E-state index contributed by atoms with van der Waals surface area (Å²) in [7, 11) is 0. The lowest BCUT2D eigenvalue weighted by molar-refractivity contribution is 1.31. The Hall–Kier alpha value is -0.550. The van der Waals surface area contributed by atoms with Crippen LogP contribution in [0.15, 0.2) is 12.1 Å². The summed E-state index contributed by atoms with van der Waals surface area (Å²) in [6.45, 7) is 0. The molecule has 0 radical (unpaired) electrons. The van der Waals surface area contributed by atoms with Crippen molar-refractivity contribution in [3.63, 3.8) is 0 Å². The number of nitrogen functional groups attached to an aromatic ring is 1. The molecule has 0 spiro atoms. The van der Waals surface area contributed by atoms with Gasteiger partial charge in [0.05, 0.1) is 15.2 Å². The van der Waals surface area contributed by atoms with E-state index in [0.717, 1.165) is 10.2 Å². The maximum Gasteiger partial charge on any atom is 0.198 e. The molecule has 0 atom stereocenters. The molecule has 2 aromatic rings. The molecule has 0 saturated heterocycles. The first-order valence-corrected chi connectivity index (χ1v) is 5.00. The molecule has 0 unspecified atom stereocenters. The van der Waals surface area contributed by atoms with Gasteiger partial charge in [0.15, 0.2) is 5.13 Å². The second-order valence-electron chi connectivity index (χ2n) is 2.40. The molecule has 3 N–H and O–H groups in total. The molecule has 2 rings (SSSR count). The molecule has 68 valence electrons. The van der Waals surface area contributed by atoms with Crippen LogP contribution in [0.25, 0.3) is 10.2 Å². The second kappa shape index (κ2) is 3.31. The topological polar surface area (TPSA) is 50.9 Å². The van der Waals surface area contributed by atoms with Crippen LogP contribution in [0.4, 0.5) is 5.13 Å². The molecule has 0 aliphatic rings. The number of aromatic nitrogens is 1. The quantitative estimate of drug-likeness (QED) is 0.589. The van der Waals surface area contributed by atoms with Crippen LogP contribution in [0, 0.1) is 0 Å². The molecule has 0 saturated carbocycles. The van der Waals surface area contributed by atoms with E-state index >= 15 is 0 Å². The van der Waals surface area contributed by atoms with Gasteiger partial charge in [-0.05, 0) is 12.1 Å². The predicted octanol–water partition coefficient (Wildman–Crippen LogP) is 2.89. The Balaban J connectivity index is 2.75. The van der Waals surface area contributed by atoms with Crippen LogP contribution in [0.2, 0.25) is 10.0 Å². The van der Waals surface area contributed by atoms with E-state index in [-0.39, 0.29) is 0 Å². The van der Waals surface area contributed by atoms with Crippen LogP contribution in [-0.2, 0) is 0 Å². The lowest BCUT2D eigenvalue weighted by Crippen LogP contribution is -2.05. The molecule has 1 aromatic heterocycles. The van der Waals surface area contributed by atoms with Crippen molar-refractivity contribution in [1.82, 2.24) is 4.98 Å². The van der Waals surface area contributed by atoms with Crippen molar-refractivity contribution in [3.05, 3.63) is 22.2 Å². The third kappa shape index (κ3) is 1.58. The molecule has 0 aliphatic carbocycles. The molecule has 0 fully saturated rings. The summed E-state index contributed by atoms with van der Waals surface area (Å²) < 4.78 is 0.888. The number of nitrogens with one attached hydrogen (secondary N) is 1. The van der Waals surface area contributed by atoms with Gasteiger partial charge in [-0.25, -0.2) is 10.8 Å². The number of halogens is 2. The van der Waals surface area contributed by atoms with E-state index < -0.39 is 0 Å². The standard InChI is InChI=1S/C7H5Cl2N3S/c8-3-1-4(9)6-5(2-3)11-7(12-10)13-6/h1-2H,10H2,(H,11,12). The Labute approximate surface area is 88.4 Å². The minimum absolute atomic E-state index is 0.575. The van der Waals surface area contributed by atoms with Crippen molar-refractivity contribution < 1.29 is 0 Å². The first-order chi connectivity index (χ1) is 6.20. The average Bonchev–Trinajstić information content (AvgIpc) is 2.47. The number of rotatable bonds is 1. The summed E-state index contributed by atoms with van der Waals surface area (Å²) in [5.41, 5.74) is 3.23. The Kier molecular flexibility index (Phi) is 2.29. The molecule has 1 aromatic carbocycles. The molecule has 13 heavy (non-hydrogen) atoms. The molecule has 3 nitrogen and oxygen atoms in total. The van der Waals surface area contributed by atoms with Crippen LogP contribution in [0.3, 0.4) is 0 Å². The van der Waals surface area contributed by atoms with Crippen molar-refractivity contribution in [2.75, 3.05) is 5.43 Å². The number of benzene rings is 1. The van der Waals surface area contributed by atoms with Gasteiger partial charge in [0, 0.05) is 5.02 Å². The highest BCUT2D eigenvalue weighted by Crippen LogP contribution is 2.33. The van der Waals surface area contributed by atoms with Crippen LogP contribution in [-0.4, -0.2) is 4.98 Å². The van der Waals surface area contributed by atoms with Crippen molar-refractivity contribution in [2.24, 2.45) is 5.84 Å². The summed E-state index contributed by atoms with van der Waals surface area (Å²) >= 11 is 13.1. The van der Waals surface area contributed by atoms with Gasteiger partial charge in [-0.15, -0.1) is 0 Å². The van der Waals surface area contributed by atoms with Crippen molar-refractivity contribution in [3.8, 4) is 0 Å². The van der Waals surface area contributed by atoms with Gasteiger partial charge in [-0.2, -0.15) is 0 Å². The van der Waals surface area contributed by atoms with Gasteiger partial charge in [-0.1, -0.05) is 34.5 Å². The van der Waals surface area contributed by atoms with Crippen LogP contribution >= 0.6 is 34.5 Å². The zero-order valence-corrected chi connectivity index (χ0v) is 8.67. The fourth-order valence-corrected chi connectivity index (χ4v) is 2.38. The van der Waals surface area contributed by atoms with Gasteiger partial charge in [0.2, 0.25) is 0 Å². The zero-order chi connectivity index (χ0) is 9.42. The molecule has 0 bridgehead atoms. The minimum Gasteiger partial charge on any atom is -0.300 e. The number of hydrazine groups is 1. The van der Waals surface area contributed by atoms with Crippen LogP contribution in [0.1, 0.15) is 0 Å². The summed E-state index contributed by atoms with van der Waals surface area (Å²) in [5, 5.41) is 1.80. The SMILES string of the molecule is NNc1nc2cc(Cl)cc(Cl)c2s1. The molecule has 0 amide bonds. The van der Waals surface area contributed by atoms with Crippen molar-refractivity contribution in [2.45, 2.75) is 0 Å². The Morgan fingerprint density at radius 3 is 2.85 bits per heavy atom. The van der Waals surface area contributed by atoms with Gasteiger partial charge < -0.3 is 0 Å². The smallest absolute Gasteiger partial charge is 0.198 e. The maximum absolute atomic E-state index is 5.95. The Morgan fingerprint density at radius 2 is 2.15 bits per heavy atom. The predicted molar refractivity (Wildman–Crippen MR) is 57.5 cm³/mol. The molecule has 6 heteroatoms. The Bertz CT molecular complexity index is 454. The van der Waals surface area contributed by atoms with Gasteiger partial charge in [-0.3, -0.25) is 5.43 Å². The van der Waals surface area contributed by atoms with Crippen LogP contribution in [0.5, 0.6) is 0 Å². The van der Waals surface area contributed by atoms with Crippen LogP contribution < -0.4 is 11.3 Å². The maximum atomic E-state index is 5.95. The minimum atomic E-state index is 0.575. The normalized spacial score (nSPS) is 10.7. The highest BCUT2D eigenvalue weighted by molar-refractivity contribution is 7.22. The fraction of sp³-hybridized carbons (Fsp3) is 0. The molecular formula is C7H5Cl2N3S. The third-order valence-electron chi connectivity index (χ3n) is 1.53. The lowest BCUT2D eigenvalue weighted by atomic mass is 10.3. The van der Waals surface area contributed by atoms with E-state index in [1.54, 1.807) is 12.1 Å². The van der Waals surface area contributed by atoms with Crippen molar-refractivity contribution in [1.29, 1.82) is 0 Å². The fourth-order valence-electron chi connectivity index (χ4n) is 1.02. The zero-order valence-electron chi connectivity index (χ0n) is 6.34. The molecule has 0 aliphatic heterocycles. The van der Waals surface area contributed by atoms with E-state index in [4.69, 9.17) is 29.0 Å². The number of nitrogens with zero attached hydrogens (tertiary/aromatic N) is 1. The number of fused-ring (bicyclic) bond motifs is 1. The van der Waals surface area contributed by atoms with E-state index in [1.165, 1.54) is 11.3 Å². The van der Waals surface area contributed by atoms with E-state index in [9.17, 15) is 0 Å². The number of thiazole rings is 1. The van der Waals surface area contributed by atoms with Gasteiger partial charge >= 0.3 is 0 Å². The largest absolute Gasteiger partial charge is 0.300 e. The lowest BCUT2D eigenvalue weighted by Gasteiger charge is -1.92.